The van der Waals surface area contributed by atoms with Gasteiger partial charge in [-0.3, -0.25) is 4.79 Å². The maximum absolute atomic E-state index is 13.0. The molecule has 25 heavy (non-hydrogen) atoms. The van der Waals surface area contributed by atoms with E-state index in [2.05, 4.69) is 6.92 Å². The Morgan fingerprint density at radius 1 is 0.880 bits per heavy atom. The van der Waals surface area contributed by atoms with Crippen molar-refractivity contribution in [2.24, 2.45) is 0 Å². The first-order chi connectivity index (χ1) is 12.2. The number of ether oxygens (including phenoxy) is 3. The van der Waals surface area contributed by atoms with Gasteiger partial charge in [0.2, 0.25) is 5.78 Å². The monoisotopic (exact) mass is 342 g/mol. The molecule has 134 valence electrons. The van der Waals surface area contributed by atoms with Gasteiger partial charge >= 0.3 is 0 Å². The average molecular weight is 342 g/mol. The van der Waals surface area contributed by atoms with Gasteiger partial charge in [0, 0.05) is 5.56 Å². The van der Waals surface area contributed by atoms with E-state index in [9.17, 15) is 4.79 Å². The van der Waals surface area contributed by atoms with Crippen LogP contribution in [0.25, 0.3) is 0 Å². The Morgan fingerprint density at radius 3 is 2.24 bits per heavy atom. The highest BCUT2D eigenvalue weighted by Gasteiger charge is 2.23. The molecule has 0 saturated heterocycles. The summed E-state index contributed by atoms with van der Waals surface area (Å²) in [7, 11) is 3.09. The van der Waals surface area contributed by atoms with Crippen LogP contribution in [0.15, 0.2) is 42.5 Å². The van der Waals surface area contributed by atoms with Gasteiger partial charge in [0.15, 0.2) is 11.5 Å². The van der Waals surface area contributed by atoms with Gasteiger partial charge in [-0.25, -0.2) is 0 Å². The average Bonchev–Trinajstić information content (AvgIpc) is 2.67. The lowest BCUT2D eigenvalue weighted by molar-refractivity contribution is 0.103. The standard InChI is InChI=1S/C21H26O4/c1-4-5-6-10-15-25-17-13-14-18(23-2)21(24-3)19(17)20(22)16-11-8-7-9-12-16/h7-9,11-14H,4-6,10,15H2,1-3H3. The topological polar surface area (TPSA) is 44.8 Å². The number of ketones is 1. The number of unbranched alkanes of at least 4 members (excludes halogenated alkanes) is 3. The van der Waals surface area contributed by atoms with Gasteiger partial charge in [-0.05, 0) is 18.6 Å². The predicted octanol–water partition coefficient (Wildman–Crippen LogP) is 4.89. The van der Waals surface area contributed by atoms with E-state index in [1.54, 1.807) is 31.4 Å². The molecule has 4 nitrogen and oxygen atoms in total. The van der Waals surface area contributed by atoms with Crippen molar-refractivity contribution < 1.29 is 19.0 Å². The summed E-state index contributed by atoms with van der Waals surface area (Å²) >= 11 is 0. The first-order valence-electron chi connectivity index (χ1n) is 8.70. The number of hydrogen-bond donors (Lipinski definition) is 0. The number of carbonyl (C=O) groups is 1. The summed E-state index contributed by atoms with van der Waals surface area (Å²) in [5.41, 5.74) is 0.994. The van der Waals surface area contributed by atoms with E-state index in [0.717, 1.165) is 12.8 Å². The van der Waals surface area contributed by atoms with Gasteiger partial charge in [-0.15, -0.1) is 0 Å². The highest BCUT2D eigenvalue weighted by molar-refractivity contribution is 6.13. The fraction of sp³-hybridized carbons (Fsp3) is 0.381. The smallest absolute Gasteiger partial charge is 0.200 e. The molecule has 0 aliphatic heterocycles. The van der Waals surface area contributed by atoms with Crippen molar-refractivity contribution in [3.8, 4) is 17.2 Å². The van der Waals surface area contributed by atoms with Crippen LogP contribution in [0.3, 0.4) is 0 Å². The summed E-state index contributed by atoms with van der Waals surface area (Å²) in [6.07, 6.45) is 4.44. The van der Waals surface area contributed by atoms with Gasteiger partial charge in [-0.2, -0.15) is 0 Å². The molecule has 0 aromatic heterocycles. The van der Waals surface area contributed by atoms with Crippen LogP contribution in [-0.2, 0) is 0 Å². The predicted molar refractivity (Wildman–Crippen MR) is 99.1 cm³/mol. The molecular weight excluding hydrogens is 316 g/mol. The molecule has 0 N–H and O–H groups in total. The van der Waals surface area contributed by atoms with E-state index < -0.39 is 0 Å². The molecule has 0 aliphatic carbocycles. The van der Waals surface area contributed by atoms with Crippen LogP contribution in [0.4, 0.5) is 0 Å². The summed E-state index contributed by atoms with van der Waals surface area (Å²) in [4.78, 5) is 13.0. The first-order valence-corrected chi connectivity index (χ1v) is 8.70. The third kappa shape index (κ3) is 4.75. The Labute approximate surface area is 149 Å². The van der Waals surface area contributed by atoms with Crippen molar-refractivity contribution in [2.75, 3.05) is 20.8 Å². The number of hydrogen-bond acceptors (Lipinski definition) is 4. The SMILES string of the molecule is CCCCCCOc1ccc(OC)c(OC)c1C(=O)c1ccccc1. The maximum atomic E-state index is 13.0. The molecule has 0 fully saturated rings. The lowest BCUT2D eigenvalue weighted by Gasteiger charge is -2.17. The van der Waals surface area contributed by atoms with Crippen LogP contribution in [-0.4, -0.2) is 26.6 Å². The molecule has 0 heterocycles. The Bertz CT molecular complexity index is 680. The minimum atomic E-state index is -0.139. The van der Waals surface area contributed by atoms with Crippen molar-refractivity contribution in [3.63, 3.8) is 0 Å². The molecule has 0 bridgehead atoms. The van der Waals surface area contributed by atoms with Crippen molar-refractivity contribution in [1.82, 2.24) is 0 Å². The summed E-state index contributed by atoms with van der Waals surface area (Å²) in [5, 5.41) is 0. The third-order valence-electron chi connectivity index (χ3n) is 4.03. The Morgan fingerprint density at radius 2 is 1.60 bits per heavy atom. The van der Waals surface area contributed by atoms with Crippen LogP contribution in [0.5, 0.6) is 17.2 Å². The molecule has 0 amide bonds. The van der Waals surface area contributed by atoms with Crippen molar-refractivity contribution in [2.45, 2.75) is 32.6 Å². The first kappa shape index (κ1) is 18.8. The number of benzene rings is 2. The molecule has 0 atom stereocenters. The molecule has 4 heteroatoms. The molecule has 2 rings (SSSR count). The fourth-order valence-corrected chi connectivity index (χ4v) is 2.69. The highest BCUT2D eigenvalue weighted by atomic mass is 16.5. The largest absolute Gasteiger partial charge is 0.493 e. The minimum Gasteiger partial charge on any atom is -0.493 e. The van der Waals surface area contributed by atoms with Gasteiger partial charge in [0.25, 0.3) is 0 Å². The molecule has 2 aromatic rings. The van der Waals surface area contributed by atoms with E-state index >= 15 is 0 Å². The lowest BCUT2D eigenvalue weighted by Crippen LogP contribution is -2.09. The maximum Gasteiger partial charge on any atom is 0.200 e. The summed E-state index contributed by atoms with van der Waals surface area (Å²) in [6.45, 7) is 2.75. The van der Waals surface area contributed by atoms with E-state index in [4.69, 9.17) is 14.2 Å². The number of methoxy groups -OCH3 is 2. The zero-order valence-electron chi connectivity index (χ0n) is 15.2. The Kier molecular flexibility index (Phi) is 7.33. The Balaban J connectivity index is 2.33. The van der Waals surface area contributed by atoms with Crippen LogP contribution in [0.1, 0.15) is 48.5 Å². The minimum absolute atomic E-state index is 0.139. The second kappa shape index (κ2) is 9.72. The number of carbonyl (C=O) groups excluding carboxylic acids is 1. The zero-order valence-corrected chi connectivity index (χ0v) is 15.2. The van der Waals surface area contributed by atoms with Crippen molar-refractivity contribution in [1.29, 1.82) is 0 Å². The van der Waals surface area contributed by atoms with Gasteiger partial charge in [-0.1, -0.05) is 56.5 Å². The summed E-state index contributed by atoms with van der Waals surface area (Å²) in [5.74, 6) is 1.31. The van der Waals surface area contributed by atoms with Crippen LogP contribution < -0.4 is 14.2 Å². The van der Waals surface area contributed by atoms with Gasteiger partial charge < -0.3 is 14.2 Å². The molecule has 0 spiro atoms. The summed E-state index contributed by atoms with van der Waals surface area (Å²) in [6, 6.07) is 12.7. The number of rotatable bonds is 10. The molecule has 0 aliphatic rings. The van der Waals surface area contributed by atoms with Gasteiger partial charge in [0.05, 0.1) is 20.8 Å². The normalized spacial score (nSPS) is 10.4. The van der Waals surface area contributed by atoms with Crippen molar-refractivity contribution in [3.05, 3.63) is 53.6 Å². The Hall–Kier alpha value is -2.49. The van der Waals surface area contributed by atoms with Gasteiger partial charge in [0.1, 0.15) is 11.3 Å². The second-order valence-electron chi connectivity index (χ2n) is 5.78. The van der Waals surface area contributed by atoms with E-state index in [1.165, 1.54) is 20.0 Å². The van der Waals surface area contributed by atoms with E-state index in [0.29, 0.717) is 35.0 Å². The molecular formula is C21H26O4. The molecule has 0 radical (unpaired) electrons. The van der Waals surface area contributed by atoms with Crippen LogP contribution in [0, 0.1) is 0 Å². The lowest BCUT2D eigenvalue weighted by atomic mass is 10.0. The summed E-state index contributed by atoms with van der Waals surface area (Å²) < 4.78 is 16.7. The van der Waals surface area contributed by atoms with Crippen LogP contribution in [0.2, 0.25) is 0 Å². The molecule has 0 unspecified atom stereocenters. The van der Waals surface area contributed by atoms with Crippen LogP contribution >= 0.6 is 0 Å². The second-order valence-corrected chi connectivity index (χ2v) is 5.78. The molecule has 0 saturated carbocycles. The third-order valence-corrected chi connectivity index (χ3v) is 4.03. The fourth-order valence-electron chi connectivity index (χ4n) is 2.69. The zero-order chi connectivity index (χ0) is 18.1. The highest BCUT2D eigenvalue weighted by Crippen LogP contribution is 2.38. The van der Waals surface area contributed by atoms with Crippen molar-refractivity contribution >= 4 is 5.78 Å². The quantitative estimate of drug-likeness (QED) is 0.455. The van der Waals surface area contributed by atoms with E-state index in [-0.39, 0.29) is 5.78 Å². The molecule has 2 aromatic carbocycles. The van der Waals surface area contributed by atoms with E-state index in [1.807, 2.05) is 18.2 Å².